The van der Waals surface area contributed by atoms with Gasteiger partial charge in [0.25, 0.3) is 0 Å². The van der Waals surface area contributed by atoms with Gasteiger partial charge in [0.15, 0.2) is 5.16 Å². The summed E-state index contributed by atoms with van der Waals surface area (Å²) in [7, 11) is 0. The van der Waals surface area contributed by atoms with Gasteiger partial charge in [0.05, 0.1) is 17.2 Å². The van der Waals surface area contributed by atoms with E-state index in [-0.39, 0.29) is 10.8 Å². The molecule has 2 aromatic carbocycles. The molecule has 0 saturated carbocycles. The van der Waals surface area contributed by atoms with Gasteiger partial charge in [-0.1, -0.05) is 57.7 Å². The molecule has 0 aliphatic rings. The van der Waals surface area contributed by atoms with Crippen LogP contribution in [-0.2, 0) is 10.8 Å². The highest BCUT2D eigenvalue weighted by Gasteiger charge is 2.32. The van der Waals surface area contributed by atoms with Crippen molar-refractivity contribution in [2.24, 2.45) is 0 Å². The maximum absolute atomic E-state index is 5.41. The van der Waals surface area contributed by atoms with Crippen molar-refractivity contribution < 1.29 is 4.42 Å². The molecule has 0 bridgehead atoms. The van der Waals surface area contributed by atoms with Gasteiger partial charge >= 0.3 is 0 Å². The Labute approximate surface area is 176 Å². The van der Waals surface area contributed by atoms with E-state index in [1.165, 1.54) is 11.1 Å². The fourth-order valence-corrected chi connectivity index (χ4v) is 4.64. The van der Waals surface area contributed by atoms with Crippen molar-refractivity contribution >= 4 is 22.8 Å². The molecule has 29 heavy (non-hydrogen) atoms. The van der Waals surface area contributed by atoms with Crippen LogP contribution in [-0.4, -0.2) is 21.2 Å². The van der Waals surface area contributed by atoms with Crippen molar-refractivity contribution in [3.63, 3.8) is 0 Å². The zero-order chi connectivity index (χ0) is 20.6. The van der Waals surface area contributed by atoms with Crippen molar-refractivity contribution in [2.75, 3.05) is 6.26 Å². The zero-order valence-corrected chi connectivity index (χ0v) is 18.4. The van der Waals surface area contributed by atoms with Crippen LogP contribution in [0.1, 0.15) is 45.2 Å². The Morgan fingerprint density at radius 2 is 1.66 bits per heavy atom. The molecule has 1 N–H and O–H groups in total. The van der Waals surface area contributed by atoms with Gasteiger partial charge in [-0.3, -0.25) is 0 Å². The van der Waals surface area contributed by atoms with Crippen LogP contribution in [0.3, 0.4) is 0 Å². The van der Waals surface area contributed by atoms with E-state index in [0.29, 0.717) is 5.89 Å². The van der Waals surface area contributed by atoms with Gasteiger partial charge in [0, 0.05) is 5.56 Å². The SMILES string of the molecule is CSc1nc2ccc(C(C)(C)CC(C)(C)c3ccc(-c4ncco4)cc3)cc2[nH]1. The smallest absolute Gasteiger partial charge is 0.225 e. The molecule has 0 aliphatic heterocycles. The first kappa shape index (κ1) is 19.8. The second kappa shape index (κ2) is 7.38. The third-order valence-electron chi connectivity index (χ3n) is 5.66. The van der Waals surface area contributed by atoms with E-state index in [1.54, 1.807) is 24.2 Å². The van der Waals surface area contributed by atoms with Crippen LogP contribution >= 0.6 is 11.8 Å². The molecule has 0 saturated heterocycles. The number of nitrogens with zero attached hydrogens (tertiary/aromatic N) is 2. The summed E-state index contributed by atoms with van der Waals surface area (Å²) >= 11 is 1.64. The van der Waals surface area contributed by atoms with Crippen LogP contribution < -0.4 is 0 Å². The number of H-pyrrole nitrogens is 1. The summed E-state index contributed by atoms with van der Waals surface area (Å²) in [6.07, 6.45) is 6.34. The summed E-state index contributed by atoms with van der Waals surface area (Å²) in [5.74, 6) is 0.659. The molecule has 2 heterocycles. The Kier molecular flexibility index (Phi) is 5.03. The minimum atomic E-state index is 0.0174. The Morgan fingerprint density at radius 1 is 0.966 bits per heavy atom. The summed E-state index contributed by atoms with van der Waals surface area (Å²) in [5.41, 5.74) is 5.81. The molecule has 0 amide bonds. The van der Waals surface area contributed by atoms with Gasteiger partial charge in [0.1, 0.15) is 6.26 Å². The van der Waals surface area contributed by atoms with Gasteiger partial charge in [0.2, 0.25) is 5.89 Å². The van der Waals surface area contributed by atoms with E-state index in [9.17, 15) is 0 Å². The van der Waals surface area contributed by atoms with E-state index in [4.69, 9.17) is 4.42 Å². The second-order valence-electron chi connectivity index (χ2n) is 8.84. The average molecular weight is 406 g/mol. The Morgan fingerprint density at radius 3 is 2.31 bits per heavy atom. The van der Waals surface area contributed by atoms with Crippen LogP contribution in [0.4, 0.5) is 0 Å². The summed E-state index contributed by atoms with van der Waals surface area (Å²) in [6.45, 7) is 9.27. The van der Waals surface area contributed by atoms with E-state index < -0.39 is 0 Å². The molecule has 4 aromatic rings. The van der Waals surface area contributed by atoms with E-state index >= 15 is 0 Å². The van der Waals surface area contributed by atoms with Gasteiger partial charge in [-0.25, -0.2) is 9.97 Å². The lowest BCUT2D eigenvalue weighted by Gasteiger charge is -2.36. The van der Waals surface area contributed by atoms with Gasteiger partial charge in [-0.15, -0.1) is 0 Å². The normalized spacial score (nSPS) is 12.6. The highest BCUT2D eigenvalue weighted by Crippen LogP contribution is 2.40. The molecular weight excluding hydrogens is 378 g/mol. The zero-order valence-electron chi connectivity index (χ0n) is 17.6. The lowest BCUT2D eigenvalue weighted by molar-refractivity contribution is 0.349. The van der Waals surface area contributed by atoms with Crippen LogP contribution in [0.2, 0.25) is 0 Å². The summed E-state index contributed by atoms with van der Waals surface area (Å²) in [6, 6.07) is 15.2. The third-order valence-corrected chi connectivity index (χ3v) is 6.24. The van der Waals surface area contributed by atoms with E-state index in [2.05, 4.69) is 85.1 Å². The van der Waals surface area contributed by atoms with Crippen molar-refractivity contribution in [1.29, 1.82) is 0 Å². The van der Waals surface area contributed by atoms with Crippen LogP contribution in [0.25, 0.3) is 22.5 Å². The maximum atomic E-state index is 5.41. The molecule has 2 aromatic heterocycles. The predicted octanol–water partition coefficient (Wildman–Crippen LogP) is 6.59. The number of rotatable bonds is 6. The van der Waals surface area contributed by atoms with E-state index in [0.717, 1.165) is 28.2 Å². The Hall–Kier alpha value is -2.53. The number of oxazole rings is 1. The van der Waals surface area contributed by atoms with Crippen LogP contribution in [0.5, 0.6) is 0 Å². The number of hydrogen-bond acceptors (Lipinski definition) is 4. The number of fused-ring (bicyclic) bond motifs is 1. The van der Waals surface area contributed by atoms with Crippen LogP contribution in [0, 0.1) is 0 Å². The quantitative estimate of drug-likeness (QED) is 0.368. The fourth-order valence-electron chi connectivity index (χ4n) is 4.24. The highest BCUT2D eigenvalue weighted by molar-refractivity contribution is 7.98. The number of thioether (sulfide) groups is 1. The molecule has 5 heteroatoms. The van der Waals surface area contributed by atoms with Crippen molar-refractivity contribution in [1.82, 2.24) is 15.0 Å². The first-order valence-corrected chi connectivity index (χ1v) is 11.1. The van der Waals surface area contributed by atoms with Crippen molar-refractivity contribution in [3.8, 4) is 11.5 Å². The number of nitrogens with one attached hydrogen (secondary N) is 1. The largest absolute Gasteiger partial charge is 0.445 e. The van der Waals surface area contributed by atoms with E-state index in [1.807, 2.05) is 6.26 Å². The van der Waals surface area contributed by atoms with Gasteiger partial charge in [-0.05, 0) is 58.9 Å². The Bertz CT molecular complexity index is 1110. The molecule has 150 valence electrons. The molecule has 0 aliphatic carbocycles. The molecule has 4 nitrogen and oxygen atoms in total. The summed E-state index contributed by atoms with van der Waals surface area (Å²) < 4.78 is 5.41. The maximum Gasteiger partial charge on any atom is 0.225 e. The monoisotopic (exact) mass is 405 g/mol. The average Bonchev–Trinajstić information content (AvgIpc) is 3.36. The molecule has 4 rings (SSSR count). The molecule has 0 atom stereocenters. The predicted molar refractivity (Wildman–Crippen MR) is 120 cm³/mol. The number of imidazole rings is 1. The fraction of sp³-hybridized carbons (Fsp3) is 0.333. The summed E-state index contributed by atoms with van der Waals surface area (Å²) in [5, 5.41) is 0.960. The number of aromatic amines is 1. The lowest BCUT2D eigenvalue weighted by atomic mass is 9.68. The molecule has 0 fully saturated rings. The van der Waals surface area contributed by atoms with Crippen molar-refractivity contribution in [3.05, 3.63) is 66.1 Å². The molecule has 0 spiro atoms. The number of benzene rings is 2. The van der Waals surface area contributed by atoms with Gasteiger partial charge < -0.3 is 9.40 Å². The first-order chi connectivity index (χ1) is 13.8. The lowest BCUT2D eigenvalue weighted by Crippen LogP contribution is -2.29. The first-order valence-electron chi connectivity index (χ1n) is 9.83. The topological polar surface area (TPSA) is 54.7 Å². The number of hydrogen-bond donors (Lipinski definition) is 1. The highest BCUT2D eigenvalue weighted by atomic mass is 32.2. The number of aromatic nitrogens is 3. The summed E-state index contributed by atoms with van der Waals surface area (Å²) in [4.78, 5) is 12.2. The minimum absolute atomic E-state index is 0.0174. The molecule has 0 unspecified atom stereocenters. The standard InChI is InChI=1S/C24H27N3OS/c1-23(2,17-8-6-16(7-9-17)21-25-12-13-28-21)15-24(3,4)18-10-11-19-20(14-18)27-22(26-19)29-5/h6-14H,15H2,1-5H3,(H,26,27). The minimum Gasteiger partial charge on any atom is -0.445 e. The molecule has 0 radical (unpaired) electrons. The van der Waals surface area contributed by atoms with Gasteiger partial charge in [-0.2, -0.15) is 0 Å². The third kappa shape index (κ3) is 3.97. The van der Waals surface area contributed by atoms with Crippen LogP contribution in [0.15, 0.2) is 64.5 Å². The van der Waals surface area contributed by atoms with Crippen molar-refractivity contribution in [2.45, 2.75) is 50.1 Å². The Balaban J connectivity index is 1.58. The second-order valence-corrected chi connectivity index (χ2v) is 9.63. The molecular formula is C24H27N3OS.